The number of nitrogens with two attached hydrogens (primary N) is 2. The number of nitrogens with zero attached hydrogens (tertiary/aromatic N) is 1. The maximum atomic E-state index is 15.2. The van der Waals surface area contributed by atoms with Crippen molar-refractivity contribution in [3.05, 3.63) is 161 Å². The number of H-pyrrole nitrogens is 2. The second-order valence-electron chi connectivity index (χ2n) is 30.6. The maximum absolute atomic E-state index is 15.2. The lowest BCUT2D eigenvalue weighted by molar-refractivity contribution is -0.136. The second-order valence-corrected chi connectivity index (χ2v) is 32.6. The van der Waals surface area contributed by atoms with Crippen LogP contribution in [-0.2, 0) is 89.6 Å². The molecule has 646 valence electrons. The summed E-state index contributed by atoms with van der Waals surface area (Å²) in [5.74, 6) is -10.1. The predicted octanol–water partition coefficient (Wildman–Crippen LogP) is 2.38. The van der Waals surface area contributed by atoms with Crippen LogP contribution >= 0.6 is 37.0 Å². The summed E-state index contributed by atoms with van der Waals surface area (Å²) in [6.07, 6.45) is 5.89. The van der Waals surface area contributed by atoms with Crippen molar-refractivity contribution in [3.63, 3.8) is 0 Å². The molecule has 14 atom stereocenters. The zero-order chi connectivity index (χ0) is 86.7. The number of para-hydroxylation sites is 1. The van der Waals surface area contributed by atoms with Gasteiger partial charge < -0.3 is 100 Å². The van der Waals surface area contributed by atoms with E-state index in [9.17, 15) is 58.8 Å². The number of aromatic nitrogens is 2. The molecule has 2 aromatic heterocycles. The number of hydrogen-bond donors (Lipinski definition) is 21. The molecule has 12 amide bonds. The third kappa shape index (κ3) is 26.6. The van der Waals surface area contributed by atoms with Gasteiger partial charge in [-0.25, -0.2) is 0 Å². The largest absolute Gasteiger partial charge is 0.508 e. The number of unbranched alkanes of at least 4 members (excludes halogenated alkanes) is 2. The average molecular weight is 1710 g/mol. The third-order valence-electron chi connectivity index (χ3n) is 21.5. The molecule has 35 heteroatoms. The number of amides is 12. The van der Waals surface area contributed by atoms with Gasteiger partial charge >= 0.3 is 0 Å². The molecular weight excluding hydrogens is 1600 g/mol. The highest BCUT2D eigenvalue weighted by Gasteiger charge is 2.42. The molecule has 0 radical (unpaired) electrons. The summed E-state index contributed by atoms with van der Waals surface area (Å²) in [7, 11) is 0. The average Bonchev–Trinajstić information content (AvgIpc) is 1.54. The molecule has 9 rings (SSSR count). The molecule has 1 aliphatic carbocycles. The molecule has 0 saturated carbocycles. The molecule has 3 heterocycles. The molecule has 1 fully saturated rings. The summed E-state index contributed by atoms with van der Waals surface area (Å²) in [5.41, 5.74) is 17.6. The van der Waals surface area contributed by atoms with Crippen LogP contribution in [0.25, 0.3) is 21.8 Å². The van der Waals surface area contributed by atoms with E-state index >= 15 is 19.2 Å². The first-order valence-corrected chi connectivity index (χ1v) is 42.9. The number of primary amides is 1. The van der Waals surface area contributed by atoms with Gasteiger partial charge in [0.05, 0.1) is 11.9 Å². The van der Waals surface area contributed by atoms with E-state index in [1.807, 2.05) is 0 Å². The van der Waals surface area contributed by atoms with Gasteiger partial charge in [-0.15, -0.1) is 11.8 Å². The van der Waals surface area contributed by atoms with Gasteiger partial charge in [0, 0.05) is 109 Å². The molecule has 0 unspecified atom stereocenters. The van der Waals surface area contributed by atoms with E-state index in [-0.39, 0.29) is 91.4 Å². The monoisotopic (exact) mass is 1710 g/mol. The number of thioether (sulfide) groups is 1. The van der Waals surface area contributed by atoms with Crippen molar-refractivity contribution in [1.29, 1.82) is 0 Å². The fourth-order valence-corrected chi connectivity index (χ4v) is 16.8. The first-order valence-electron chi connectivity index (χ1n) is 40.6. The quantitative estimate of drug-likeness (QED) is 0.0192. The van der Waals surface area contributed by atoms with Crippen LogP contribution < -0.4 is 70.0 Å². The topological polar surface area (TPSA) is 505 Å². The highest BCUT2D eigenvalue weighted by atomic mass is 32.2. The molecule has 1 saturated heterocycles. The second kappa shape index (κ2) is 45.5. The van der Waals surface area contributed by atoms with Crippen molar-refractivity contribution in [1.82, 2.24) is 73.4 Å². The molecule has 2 aliphatic rings. The van der Waals surface area contributed by atoms with Crippen molar-refractivity contribution >= 4 is 130 Å². The van der Waals surface area contributed by atoms with Gasteiger partial charge in [0.25, 0.3) is 0 Å². The fraction of sp³-hybridized carbons (Fsp3) is 0.459. The molecule has 120 heavy (non-hydrogen) atoms. The Morgan fingerprint density at radius 3 is 1.48 bits per heavy atom. The van der Waals surface area contributed by atoms with Crippen LogP contribution in [0.2, 0.25) is 0 Å². The predicted molar refractivity (Wildman–Crippen MR) is 462 cm³/mol. The van der Waals surface area contributed by atoms with Crippen molar-refractivity contribution < 1.29 is 78.0 Å². The molecule has 0 bridgehead atoms. The van der Waals surface area contributed by atoms with Gasteiger partial charge in [-0.3, -0.25) is 62.4 Å². The number of nitrogens with one attached hydrogen (secondary N) is 13. The van der Waals surface area contributed by atoms with Gasteiger partial charge in [-0.2, -0.15) is 25.3 Å². The smallest absolute Gasteiger partial charge is 0.244 e. The summed E-state index contributed by atoms with van der Waals surface area (Å²) in [4.78, 5) is 179. The van der Waals surface area contributed by atoms with Gasteiger partial charge in [-0.05, 0) is 166 Å². The van der Waals surface area contributed by atoms with E-state index < -0.39 is 137 Å². The number of carbonyl (C=O) groups is 12. The van der Waals surface area contributed by atoms with Crippen molar-refractivity contribution in [2.24, 2.45) is 11.5 Å². The van der Waals surface area contributed by atoms with Crippen LogP contribution in [0.4, 0.5) is 0 Å². The summed E-state index contributed by atoms with van der Waals surface area (Å²) in [5, 5.41) is 72.8. The van der Waals surface area contributed by atoms with Crippen LogP contribution in [0.1, 0.15) is 125 Å². The van der Waals surface area contributed by atoms with E-state index in [0.717, 1.165) is 37.9 Å². The highest BCUT2D eigenvalue weighted by molar-refractivity contribution is 8.00. The molecule has 7 aromatic rings. The van der Waals surface area contributed by atoms with Gasteiger partial charge in [0.2, 0.25) is 70.9 Å². The number of aromatic hydroxyl groups is 3. The highest BCUT2D eigenvalue weighted by Crippen LogP contribution is 2.45. The number of rotatable bonds is 46. The fourth-order valence-electron chi connectivity index (χ4n) is 15.2. The number of aromatic amines is 2. The zero-order valence-corrected chi connectivity index (χ0v) is 70.3. The van der Waals surface area contributed by atoms with Crippen LogP contribution in [0, 0.1) is 0 Å². The lowest BCUT2D eigenvalue weighted by Crippen LogP contribution is -2.61. The zero-order valence-electron chi connectivity index (χ0n) is 67.6. The number of fused-ring (bicyclic) bond motifs is 3. The minimum atomic E-state index is -1.59. The minimum absolute atomic E-state index is 0.0240. The Morgan fingerprint density at radius 2 is 0.983 bits per heavy atom. The summed E-state index contributed by atoms with van der Waals surface area (Å²) < 4.78 is 0. The Labute approximate surface area is 711 Å². The molecule has 5 aromatic carbocycles. The third-order valence-corrected chi connectivity index (χ3v) is 23.5. The molecule has 0 spiro atoms. The Kier molecular flexibility index (Phi) is 35.3. The van der Waals surface area contributed by atoms with E-state index in [1.165, 1.54) is 103 Å². The Bertz CT molecular complexity index is 4690. The van der Waals surface area contributed by atoms with Crippen molar-refractivity contribution in [2.45, 2.75) is 201 Å². The molecule has 21 N–H and O–H groups in total. The lowest BCUT2D eigenvalue weighted by atomic mass is 9.75. The summed E-state index contributed by atoms with van der Waals surface area (Å²) in [6, 6.07) is 16.8. The number of piperidine rings is 1. The van der Waals surface area contributed by atoms with Gasteiger partial charge in [0.1, 0.15) is 77.7 Å². The van der Waals surface area contributed by atoms with Crippen LogP contribution in [0.15, 0.2) is 128 Å². The SMILES string of the molecule is CCCN1C[C@@H](SCC(=O)NCCCC[C@H](NC(C)=O)C(=O)N[C@H](Cc2ccc(O)cc2)C(=O)N[C@H](Cc2ccc(O)cc2)C(=O)N[C@@H](CS)C(=O)N[C@@H](Cc2ccc(O)cc2)C(=O)N[C@H](Cc2c[nH]c3ccccc23)C(=O)N[C@@H](CCCCN)C(=O)N[C@@H](CC)C(=O)N[C@@H](CS)C(=O)N[C@H](C(N)=O)[C@@H](C)O)C[C@@H]2c3cccc4[nH]cc(c34)C[C@H]21. The number of phenolic OH excluding ortho intramolecular Hbond substituents is 3. The van der Waals surface area contributed by atoms with Crippen molar-refractivity contribution in [2.75, 3.05) is 43.4 Å². The first kappa shape index (κ1) is 93.0. The lowest BCUT2D eigenvalue weighted by Gasteiger charge is -2.47. The maximum Gasteiger partial charge on any atom is 0.244 e. The number of likely N-dealkylation sites (tertiary alicyclic amines) is 1. The van der Waals surface area contributed by atoms with E-state index in [2.05, 4.69) is 130 Å². The number of phenols is 3. The summed E-state index contributed by atoms with van der Waals surface area (Å²) >= 11 is 10.3. The van der Waals surface area contributed by atoms with Crippen LogP contribution in [-0.4, -0.2) is 227 Å². The summed E-state index contributed by atoms with van der Waals surface area (Å²) in [6.45, 7) is 8.59. The standard InChI is InChI=1S/C85H112N16O16S3/c1-5-34-101-43-57(40-60-59-15-13-19-63-74(59)53(42-90-63)39-72(60)101)120-46-73(107)88-33-12-10-18-64(91-48(4)103)78(110)94-66(35-49-20-26-54(104)27-21-49)80(112)95-68(37-51-24-30-56(106)31-25-51)82(114)99-70(44-118)84(116)96-67(36-50-22-28-55(105)29-23-50)81(113)97-69(38-52-41-89-62-16-8-7-14-58(52)62)83(115)93-65(17-9-11-32-86)79(111)92-61(6-2)77(109)98-71(45-119)85(117)100-75(47(3)102)76(87)108/h7-8,13-16,19-31,41-42,47,57,60-61,64-72,75,89-90,102,104-106,118-119H,5-6,9-12,17-18,32-40,43-46,86H2,1-4H3,(H2,87,108)(H,88,107)(H,91,103)(H,92,111)(H,93,115)(H,94,110)(H,95,112)(H,96,116)(H,97,113)(H,98,109)(H,99,114)(H,100,117)/t47-,57+,60-,61+,64+,65+,66-,67+,68-,69-,70+,71+,72-,75+/m1/s1. The number of aliphatic hydroxyl groups excluding tert-OH is 1. The molecule has 32 nitrogen and oxygen atoms in total. The van der Waals surface area contributed by atoms with Gasteiger partial charge in [-0.1, -0.05) is 80.6 Å². The molecule has 1 aliphatic heterocycles. The normalized spacial score (nSPS) is 17.1. The van der Waals surface area contributed by atoms with E-state index in [4.69, 9.17) is 11.5 Å². The minimum Gasteiger partial charge on any atom is -0.508 e. The Morgan fingerprint density at radius 1 is 0.533 bits per heavy atom. The number of hydrogen-bond acceptors (Lipinski definition) is 21. The first-order chi connectivity index (χ1) is 57.6. The number of aliphatic hydroxyl groups is 1. The Hall–Kier alpha value is -10.9. The van der Waals surface area contributed by atoms with E-state index in [1.54, 1.807) is 49.1 Å². The number of benzene rings is 5. The number of thiol groups is 2. The Balaban J connectivity index is 0.889. The van der Waals surface area contributed by atoms with Crippen LogP contribution in [0.3, 0.4) is 0 Å². The van der Waals surface area contributed by atoms with E-state index in [0.29, 0.717) is 77.3 Å². The van der Waals surface area contributed by atoms with Crippen LogP contribution in [0.5, 0.6) is 17.2 Å². The van der Waals surface area contributed by atoms with Crippen molar-refractivity contribution in [3.8, 4) is 17.2 Å². The molecular formula is C85H112N16O16S3. The van der Waals surface area contributed by atoms with Gasteiger partial charge in [0.15, 0.2) is 0 Å². The number of carbonyl (C=O) groups excluding carboxylic acids is 12.